The van der Waals surface area contributed by atoms with Gasteiger partial charge in [0, 0.05) is 12.5 Å². The quantitative estimate of drug-likeness (QED) is 0.270. The highest BCUT2D eigenvalue weighted by molar-refractivity contribution is 5.91. The first kappa shape index (κ1) is 22.0. The van der Waals surface area contributed by atoms with Crippen LogP contribution in [-0.4, -0.2) is 29.8 Å². The Labute approximate surface area is 165 Å². The summed E-state index contributed by atoms with van der Waals surface area (Å²) >= 11 is 0. The smallest absolute Gasteiger partial charge is 0.389 e. The average Bonchev–Trinajstić information content (AvgIpc) is 2.67. The Hall–Kier alpha value is -3.29. The molecule has 0 aliphatic carbocycles. The molecule has 8 heteroatoms. The molecule has 2 aromatic carbocycles. The first-order valence-corrected chi connectivity index (χ1v) is 8.76. The standard InChI is InChI=1S/C21H19F3O5/c22-21(23,24)13-1-2-14-28-17-8-10-18(11-9-17)29-20(27)16-6-3-15(4-7-16)5-12-19(25)26/h3-12H,1-2,13-14H2,(H,25,26)/b12-5+. The minimum absolute atomic E-state index is 0.00405. The van der Waals surface area contributed by atoms with E-state index in [0.717, 1.165) is 6.08 Å². The molecule has 0 saturated carbocycles. The number of benzene rings is 2. The van der Waals surface area contributed by atoms with Crippen molar-refractivity contribution in [3.8, 4) is 11.5 Å². The molecular formula is C21H19F3O5. The maximum Gasteiger partial charge on any atom is 0.389 e. The highest BCUT2D eigenvalue weighted by Crippen LogP contribution is 2.23. The summed E-state index contributed by atoms with van der Waals surface area (Å²) in [5.74, 6) is -0.901. The van der Waals surface area contributed by atoms with Crippen LogP contribution < -0.4 is 9.47 Å². The van der Waals surface area contributed by atoms with Crippen LogP contribution in [0.1, 0.15) is 35.2 Å². The van der Waals surface area contributed by atoms with Gasteiger partial charge in [-0.3, -0.25) is 0 Å². The zero-order valence-electron chi connectivity index (χ0n) is 15.3. The topological polar surface area (TPSA) is 72.8 Å². The molecular weight excluding hydrogens is 389 g/mol. The molecule has 0 radical (unpaired) electrons. The molecule has 0 fully saturated rings. The fraction of sp³-hybridized carbons (Fsp3) is 0.238. The van der Waals surface area contributed by atoms with Crippen molar-refractivity contribution in [2.75, 3.05) is 6.61 Å². The molecule has 5 nitrogen and oxygen atoms in total. The molecule has 0 bridgehead atoms. The fourth-order valence-electron chi connectivity index (χ4n) is 2.29. The number of carboxylic acid groups (broad SMARTS) is 1. The van der Waals surface area contributed by atoms with Crippen molar-refractivity contribution in [1.29, 1.82) is 0 Å². The fourth-order valence-corrected chi connectivity index (χ4v) is 2.29. The van der Waals surface area contributed by atoms with Gasteiger partial charge in [0.05, 0.1) is 12.2 Å². The number of hydrogen-bond donors (Lipinski definition) is 1. The molecule has 0 atom stereocenters. The van der Waals surface area contributed by atoms with Gasteiger partial charge in [0.2, 0.25) is 0 Å². The van der Waals surface area contributed by atoms with Crippen LogP contribution in [0.2, 0.25) is 0 Å². The lowest BCUT2D eigenvalue weighted by Crippen LogP contribution is -2.08. The number of carbonyl (C=O) groups excluding carboxylic acids is 1. The van der Waals surface area contributed by atoms with Crippen LogP contribution in [0.25, 0.3) is 6.08 Å². The van der Waals surface area contributed by atoms with Crippen molar-refractivity contribution < 1.29 is 37.3 Å². The summed E-state index contributed by atoms with van der Waals surface area (Å²) in [4.78, 5) is 22.6. The predicted molar refractivity (Wildman–Crippen MR) is 99.9 cm³/mol. The maximum atomic E-state index is 12.1. The van der Waals surface area contributed by atoms with Gasteiger partial charge in [0.1, 0.15) is 11.5 Å². The van der Waals surface area contributed by atoms with Gasteiger partial charge in [-0.2, -0.15) is 13.2 Å². The number of esters is 1. The molecule has 2 rings (SSSR count). The summed E-state index contributed by atoms with van der Waals surface area (Å²) in [5.41, 5.74) is 0.920. The van der Waals surface area contributed by atoms with Crippen molar-refractivity contribution in [2.45, 2.75) is 25.4 Å². The third kappa shape index (κ3) is 8.50. The van der Waals surface area contributed by atoms with Gasteiger partial charge >= 0.3 is 18.1 Å². The number of carbonyl (C=O) groups is 2. The molecule has 1 N–H and O–H groups in total. The predicted octanol–water partition coefficient (Wildman–Crippen LogP) is 5.12. The second-order valence-electron chi connectivity index (χ2n) is 6.08. The molecule has 0 unspecified atom stereocenters. The van der Waals surface area contributed by atoms with Crippen LogP contribution in [0.15, 0.2) is 54.6 Å². The second-order valence-corrected chi connectivity index (χ2v) is 6.08. The molecule has 0 amide bonds. The molecule has 154 valence electrons. The van der Waals surface area contributed by atoms with Crippen molar-refractivity contribution in [3.63, 3.8) is 0 Å². The highest BCUT2D eigenvalue weighted by atomic mass is 19.4. The van der Waals surface area contributed by atoms with Gasteiger partial charge in [-0.15, -0.1) is 0 Å². The van der Waals surface area contributed by atoms with E-state index >= 15 is 0 Å². The number of rotatable bonds is 9. The Kier molecular flexibility index (Phi) is 7.82. The van der Waals surface area contributed by atoms with E-state index < -0.39 is 24.5 Å². The lowest BCUT2D eigenvalue weighted by Gasteiger charge is -2.09. The molecule has 0 heterocycles. The van der Waals surface area contributed by atoms with E-state index in [1.165, 1.54) is 30.3 Å². The van der Waals surface area contributed by atoms with Crippen LogP contribution in [0.3, 0.4) is 0 Å². The summed E-state index contributed by atoms with van der Waals surface area (Å²) < 4.78 is 46.8. The molecule has 0 saturated heterocycles. The molecule has 0 aliphatic rings. The maximum absolute atomic E-state index is 12.1. The van der Waals surface area contributed by atoms with Crippen LogP contribution in [-0.2, 0) is 4.79 Å². The third-order valence-electron chi connectivity index (χ3n) is 3.72. The van der Waals surface area contributed by atoms with Crippen molar-refractivity contribution in [2.24, 2.45) is 0 Å². The van der Waals surface area contributed by atoms with Crippen LogP contribution >= 0.6 is 0 Å². The van der Waals surface area contributed by atoms with Gasteiger partial charge < -0.3 is 14.6 Å². The number of halogens is 3. The summed E-state index contributed by atoms with van der Waals surface area (Å²) in [7, 11) is 0. The zero-order chi connectivity index (χ0) is 21.3. The van der Waals surface area contributed by atoms with Crippen LogP contribution in [0.4, 0.5) is 13.2 Å². The summed E-state index contributed by atoms with van der Waals surface area (Å²) in [5, 5.41) is 8.59. The number of unbranched alkanes of at least 4 members (excludes halogenated alkanes) is 1. The van der Waals surface area contributed by atoms with Crippen molar-refractivity contribution in [3.05, 3.63) is 65.7 Å². The first-order chi connectivity index (χ1) is 13.7. The Bertz CT molecular complexity index is 840. The highest BCUT2D eigenvalue weighted by Gasteiger charge is 2.25. The Morgan fingerprint density at radius 2 is 1.55 bits per heavy atom. The molecule has 2 aromatic rings. The van der Waals surface area contributed by atoms with E-state index in [1.54, 1.807) is 24.3 Å². The first-order valence-electron chi connectivity index (χ1n) is 8.76. The van der Waals surface area contributed by atoms with E-state index in [-0.39, 0.29) is 25.2 Å². The Balaban J connectivity index is 1.81. The number of alkyl halides is 3. The summed E-state index contributed by atoms with van der Waals surface area (Å²) in [6, 6.07) is 12.4. The van der Waals surface area contributed by atoms with E-state index in [0.29, 0.717) is 16.9 Å². The van der Waals surface area contributed by atoms with Crippen molar-refractivity contribution >= 4 is 18.0 Å². The molecule has 0 aliphatic heterocycles. The molecule has 0 aromatic heterocycles. The third-order valence-corrected chi connectivity index (χ3v) is 3.72. The monoisotopic (exact) mass is 408 g/mol. The van der Waals surface area contributed by atoms with E-state index in [1.807, 2.05) is 0 Å². The van der Waals surface area contributed by atoms with E-state index in [9.17, 15) is 22.8 Å². The van der Waals surface area contributed by atoms with E-state index in [2.05, 4.69) is 0 Å². The number of aliphatic carboxylic acids is 1. The number of hydrogen-bond acceptors (Lipinski definition) is 4. The molecule has 0 spiro atoms. The number of carboxylic acids is 1. The lowest BCUT2D eigenvalue weighted by atomic mass is 10.1. The Morgan fingerprint density at radius 3 is 2.14 bits per heavy atom. The zero-order valence-corrected chi connectivity index (χ0v) is 15.3. The van der Waals surface area contributed by atoms with Gasteiger partial charge in [0.15, 0.2) is 0 Å². The minimum Gasteiger partial charge on any atom is -0.494 e. The lowest BCUT2D eigenvalue weighted by molar-refractivity contribution is -0.136. The van der Waals surface area contributed by atoms with Gasteiger partial charge in [0.25, 0.3) is 0 Å². The minimum atomic E-state index is -4.15. The van der Waals surface area contributed by atoms with Gasteiger partial charge in [-0.05, 0) is 60.9 Å². The Morgan fingerprint density at radius 1 is 0.931 bits per heavy atom. The van der Waals surface area contributed by atoms with Gasteiger partial charge in [-0.1, -0.05) is 12.1 Å². The average molecular weight is 408 g/mol. The number of ether oxygens (including phenoxy) is 2. The van der Waals surface area contributed by atoms with Crippen molar-refractivity contribution in [1.82, 2.24) is 0 Å². The summed E-state index contributed by atoms with van der Waals surface area (Å²) in [6.07, 6.45) is -2.30. The van der Waals surface area contributed by atoms with Gasteiger partial charge in [-0.25, -0.2) is 9.59 Å². The van der Waals surface area contributed by atoms with E-state index in [4.69, 9.17) is 14.6 Å². The summed E-state index contributed by atoms with van der Waals surface area (Å²) in [6.45, 7) is 0.165. The molecule has 29 heavy (non-hydrogen) atoms. The second kappa shape index (κ2) is 10.3. The SMILES string of the molecule is O=C(O)/C=C/c1ccc(C(=O)Oc2ccc(OCCCCC(F)(F)F)cc2)cc1. The van der Waals surface area contributed by atoms with Crippen LogP contribution in [0.5, 0.6) is 11.5 Å². The largest absolute Gasteiger partial charge is 0.494 e. The van der Waals surface area contributed by atoms with Crippen LogP contribution in [0, 0.1) is 0 Å². The normalized spacial score (nSPS) is 11.4.